The van der Waals surface area contributed by atoms with E-state index in [0.29, 0.717) is 0 Å². The number of nitrogen functional groups attached to an aromatic ring is 1. The third-order valence-electron chi connectivity index (χ3n) is 1.66. The van der Waals surface area contributed by atoms with Crippen molar-refractivity contribution in [3.8, 4) is 11.5 Å². The van der Waals surface area contributed by atoms with Crippen LogP contribution in [0.2, 0.25) is 0 Å². The van der Waals surface area contributed by atoms with Crippen molar-refractivity contribution < 1.29 is 27.8 Å². The quantitative estimate of drug-likeness (QED) is 0.823. The number of halogens is 3. The minimum absolute atomic E-state index is 0.0871. The Labute approximate surface area is 88.6 Å². The molecule has 1 rings (SSSR count). The second kappa shape index (κ2) is 4.44. The highest BCUT2D eigenvalue weighted by Gasteiger charge is 2.34. The third-order valence-corrected chi connectivity index (χ3v) is 1.66. The smallest absolute Gasteiger partial charge is 0.491 e. The summed E-state index contributed by atoms with van der Waals surface area (Å²) in [6, 6.07) is 0. The minimum Gasteiger partial charge on any atom is -0.491 e. The number of aliphatic hydroxyl groups is 1. The van der Waals surface area contributed by atoms with Gasteiger partial charge in [-0.15, -0.1) is 13.2 Å². The van der Waals surface area contributed by atoms with Crippen LogP contribution in [0.4, 0.5) is 18.9 Å². The summed E-state index contributed by atoms with van der Waals surface area (Å²) >= 11 is 0. The van der Waals surface area contributed by atoms with Gasteiger partial charge in [0.15, 0.2) is 11.5 Å². The lowest BCUT2D eigenvalue weighted by atomic mass is 10.3. The maximum absolute atomic E-state index is 12.1. The van der Waals surface area contributed by atoms with E-state index < -0.39 is 18.7 Å². The predicted molar refractivity (Wildman–Crippen MR) is 47.8 cm³/mol. The number of nitrogens with zero attached hydrogens (tertiary/aromatic N) is 1. The molecule has 0 fully saturated rings. The first-order chi connectivity index (χ1) is 7.39. The van der Waals surface area contributed by atoms with E-state index in [-0.39, 0.29) is 17.1 Å². The summed E-state index contributed by atoms with van der Waals surface area (Å²) in [7, 11) is 1.12. The van der Waals surface area contributed by atoms with Crippen molar-refractivity contribution >= 4 is 5.69 Å². The number of nitrogens with two attached hydrogens (primary N) is 1. The number of methoxy groups -OCH3 is 1. The molecule has 8 heteroatoms. The molecule has 90 valence electrons. The van der Waals surface area contributed by atoms with Gasteiger partial charge in [0.1, 0.15) is 5.69 Å². The van der Waals surface area contributed by atoms with Gasteiger partial charge in [-0.2, -0.15) is 0 Å². The number of anilines is 1. The number of hydrogen-bond acceptors (Lipinski definition) is 5. The SMILES string of the molecule is COc1c(CO)ncc(N)c1OC(F)(F)F. The van der Waals surface area contributed by atoms with E-state index in [1.54, 1.807) is 0 Å². The van der Waals surface area contributed by atoms with Crippen LogP contribution in [0.15, 0.2) is 6.20 Å². The zero-order valence-electron chi connectivity index (χ0n) is 8.21. The monoisotopic (exact) mass is 238 g/mol. The van der Waals surface area contributed by atoms with Crippen LogP contribution >= 0.6 is 0 Å². The fourth-order valence-electron chi connectivity index (χ4n) is 1.07. The van der Waals surface area contributed by atoms with E-state index in [2.05, 4.69) is 14.5 Å². The number of pyridine rings is 1. The van der Waals surface area contributed by atoms with Crippen molar-refractivity contribution in [2.45, 2.75) is 13.0 Å². The Balaban J connectivity index is 3.23. The molecule has 16 heavy (non-hydrogen) atoms. The second-order valence-electron chi connectivity index (χ2n) is 2.73. The van der Waals surface area contributed by atoms with Gasteiger partial charge in [0.05, 0.1) is 25.6 Å². The van der Waals surface area contributed by atoms with Crippen LogP contribution in [0.3, 0.4) is 0 Å². The molecule has 0 aliphatic carbocycles. The molecule has 0 amide bonds. The van der Waals surface area contributed by atoms with E-state index >= 15 is 0 Å². The van der Waals surface area contributed by atoms with Gasteiger partial charge >= 0.3 is 6.36 Å². The maximum atomic E-state index is 12.1. The summed E-state index contributed by atoms with van der Waals surface area (Å²) in [5.74, 6) is -1.03. The molecule has 0 aromatic carbocycles. The van der Waals surface area contributed by atoms with Gasteiger partial charge in [0.25, 0.3) is 0 Å². The van der Waals surface area contributed by atoms with Crippen molar-refractivity contribution in [2.75, 3.05) is 12.8 Å². The Morgan fingerprint density at radius 1 is 1.44 bits per heavy atom. The molecule has 5 nitrogen and oxygen atoms in total. The van der Waals surface area contributed by atoms with Crippen molar-refractivity contribution in [3.05, 3.63) is 11.9 Å². The summed E-state index contributed by atoms with van der Waals surface area (Å²) in [5.41, 5.74) is 4.86. The Bertz CT molecular complexity index is 382. The molecule has 0 saturated carbocycles. The van der Waals surface area contributed by atoms with Crippen LogP contribution in [0.5, 0.6) is 11.5 Å². The predicted octanol–water partition coefficient (Wildman–Crippen LogP) is 1.06. The first kappa shape index (κ1) is 12.4. The van der Waals surface area contributed by atoms with Crippen LogP contribution < -0.4 is 15.2 Å². The summed E-state index contributed by atoms with van der Waals surface area (Å²) < 4.78 is 44.5. The Morgan fingerprint density at radius 2 is 2.06 bits per heavy atom. The number of hydrogen-bond donors (Lipinski definition) is 2. The van der Waals surface area contributed by atoms with Gasteiger partial charge < -0.3 is 20.3 Å². The molecule has 0 spiro atoms. The zero-order valence-corrected chi connectivity index (χ0v) is 8.21. The number of ether oxygens (including phenoxy) is 2. The Kier molecular flexibility index (Phi) is 3.43. The fourth-order valence-corrected chi connectivity index (χ4v) is 1.07. The molecular weight excluding hydrogens is 229 g/mol. The summed E-state index contributed by atoms with van der Waals surface area (Å²) in [6.07, 6.45) is -3.94. The number of alkyl halides is 3. The van der Waals surface area contributed by atoms with E-state index in [4.69, 9.17) is 10.8 Å². The van der Waals surface area contributed by atoms with Crippen molar-refractivity contribution in [3.63, 3.8) is 0 Å². The molecule has 0 radical (unpaired) electrons. The molecule has 0 aliphatic heterocycles. The minimum atomic E-state index is -4.89. The molecule has 3 N–H and O–H groups in total. The molecule has 0 aliphatic rings. The van der Waals surface area contributed by atoms with Gasteiger partial charge in [-0.25, -0.2) is 0 Å². The van der Waals surface area contributed by atoms with Gasteiger partial charge in [-0.05, 0) is 0 Å². The van der Waals surface area contributed by atoms with Crippen LogP contribution in [0.1, 0.15) is 5.69 Å². The highest BCUT2D eigenvalue weighted by atomic mass is 19.4. The topological polar surface area (TPSA) is 77.6 Å². The van der Waals surface area contributed by atoms with E-state index in [0.717, 1.165) is 13.3 Å². The van der Waals surface area contributed by atoms with E-state index in [1.807, 2.05) is 0 Å². The van der Waals surface area contributed by atoms with Crippen LogP contribution in [-0.4, -0.2) is 23.6 Å². The summed E-state index contributed by atoms with van der Waals surface area (Å²) in [6.45, 7) is -0.586. The van der Waals surface area contributed by atoms with E-state index in [9.17, 15) is 13.2 Å². The number of aromatic nitrogens is 1. The van der Waals surface area contributed by atoms with Gasteiger partial charge in [-0.1, -0.05) is 0 Å². The van der Waals surface area contributed by atoms with Gasteiger partial charge in [0, 0.05) is 0 Å². The normalized spacial score (nSPS) is 11.3. The molecule has 0 bridgehead atoms. The van der Waals surface area contributed by atoms with Crippen LogP contribution in [0, 0.1) is 0 Å². The largest absolute Gasteiger partial charge is 0.573 e. The van der Waals surface area contributed by atoms with E-state index in [1.165, 1.54) is 0 Å². The highest BCUT2D eigenvalue weighted by molar-refractivity contribution is 5.60. The summed E-state index contributed by atoms with van der Waals surface area (Å²) in [4.78, 5) is 3.61. The third kappa shape index (κ3) is 2.66. The standard InChI is InChI=1S/C8H9F3N2O3/c1-15-7-5(3-14)13-2-4(12)6(7)16-8(9,10)11/h2,14H,3,12H2,1H3. The number of rotatable bonds is 3. The van der Waals surface area contributed by atoms with Gasteiger partial charge in [-0.3, -0.25) is 4.98 Å². The highest BCUT2D eigenvalue weighted by Crippen LogP contribution is 2.38. The average molecular weight is 238 g/mol. The lowest BCUT2D eigenvalue weighted by molar-refractivity contribution is -0.274. The average Bonchev–Trinajstić information content (AvgIpc) is 2.19. The van der Waals surface area contributed by atoms with Crippen molar-refractivity contribution in [1.82, 2.24) is 4.98 Å². The molecular formula is C8H9F3N2O3. The molecule has 1 aromatic heterocycles. The molecule has 0 atom stereocenters. The summed E-state index contributed by atoms with van der Waals surface area (Å²) in [5, 5.41) is 8.84. The molecule has 1 aromatic rings. The lowest BCUT2D eigenvalue weighted by Gasteiger charge is -2.15. The molecule has 0 unspecified atom stereocenters. The first-order valence-corrected chi connectivity index (χ1v) is 4.07. The van der Waals surface area contributed by atoms with Crippen molar-refractivity contribution in [2.24, 2.45) is 0 Å². The van der Waals surface area contributed by atoms with Crippen LogP contribution in [0.25, 0.3) is 0 Å². The molecule has 0 saturated heterocycles. The van der Waals surface area contributed by atoms with Crippen LogP contribution in [-0.2, 0) is 6.61 Å². The Morgan fingerprint density at radius 3 is 2.50 bits per heavy atom. The number of aliphatic hydroxyl groups excluding tert-OH is 1. The van der Waals surface area contributed by atoms with Gasteiger partial charge in [0.2, 0.25) is 0 Å². The molecule has 1 heterocycles. The second-order valence-corrected chi connectivity index (χ2v) is 2.73. The maximum Gasteiger partial charge on any atom is 0.573 e. The van der Waals surface area contributed by atoms with Crippen molar-refractivity contribution in [1.29, 1.82) is 0 Å². The Hall–Kier alpha value is -1.70. The lowest BCUT2D eigenvalue weighted by Crippen LogP contribution is -2.19. The fraction of sp³-hybridized carbons (Fsp3) is 0.375. The zero-order chi connectivity index (χ0) is 12.3. The first-order valence-electron chi connectivity index (χ1n) is 4.07.